The zero-order valence-corrected chi connectivity index (χ0v) is 15.4. The Balaban J connectivity index is 1.76. The summed E-state index contributed by atoms with van der Waals surface area (Å²) in [4.78, 5) is 6.68. The van der Waals surface area contributed by atoms with Crippen molar-refractivity contribution in [1.29, 1.82) is 0 Å². The van der Waals surface area contributed by atoms with E-state index in [2.05, 4.69) is 33.2 Å². The summed E-state index contributed by atoms with van der Waals surface area (Å²) < 4.78 is 11.7. The van der Waals surface area contributed by atoms with E-state index in [1.807, 2.05) is 62.6 Å². The molecule has 0 fully saturated rings. The van der Waals surface area contributed by atoms with Gasteiger partial charge in [-0.1, -0.05) is 65.8 Å². The fraction of sp³-hybridized carbons (Fsp3) is 0.182. The lowest BCUT2D eigenvalue weighted by atomic mass is 10.1. The molecule has 0 unspecified atom stereocenters. The summed E-state index contributed by atoms with van der Waals surface area (Å²) in [6.45, 7) is 1.40. The van der Waals surface area contributed by atoms with Crippen molar-refractivity contribution in [2.75, 3.05) is 27.2 Å². The Morgan fingerprint density at radius 3 is 2.52 bits per heavy atom. The molecule has 0 atom stereocenters. The van der Waals surface area contributed by atoms with Gasteiger partial charge in [0, 0.05) is 17.5 Å². The highest BCUT2D eigenvalue weighted by Gasteiger charge is 2.17. The van der Waals surface area contributed by atoms with Crippen LogP contribution in [-0.4, -0.2) is 42.3 Å². The van der Waals surface area contributed by atoms with Gasteiger partial charge < -0.3 is 14.2 Å². The Hall–Kier alpha value is -3.18. The minimum absolute atomic E-state index is 0.458. The molecule has 4 rings (SSSR count). The molecule has 0 radical (unpaired) electrons. The van der Waals surface area contributed by atoms with Crippen LogP contribution in [0.25, 0.3) is 33.6 Å². The number of benzene rings is 3. The van der Waals surface area contributed by atoms with Crippen molar-refractivity contribution >= 4 is 10.8 Å². The number of fused-ring (bicyclic) bond motifs is 1. The zero-order valence-electron chi connectivity index (χ0n) is 15.4. The molecule has 4 aromatic rings. The quantitative estimate of drug-likeness (QED) is 0.507. The van der Waals surface area contributed by atoms with E-state index in [1.54, 1.807) is 0 Å². The lowest BCUT2D eigenvalue weighted by molar-refractivity contribution is 0.264. The summed E-state index contributed by atoms with van der Waals surface area (Å²) in [5.41, 5.74) is 1.73. The first-order valence-corrected chi connectivity index (χ1v) is 8.91. The largest absolute Gasteiger partial charge is 0.491 e. The highest BCUT2D eigenvalue weighted by Crippen LogP contribution is 2.36. The first kappa shape index (κ1) is 17.2. The Morgan fingerprint density at radius 2 is 1.70 bits per heavy atom. The molecule has 1 heterocycles. The molecule has 136 valence electrons. The Bertz CT molecular complexity index is 1040. The molecule has 0 aliphatic heterocycles. The van der Waals surface area contributed by atoms with Crippen molar-refractivity contribution < 1.29 is 9.26 Å². The zero-order chi connectivity index (χ0) is 18.6. The van der Waals surface area contributed by atoms with E-state index in [-0.39, 0.29) is 0 Å². The normalized spacial score (nSPS) is 11.2. The standard InChI is InChI=1S/C22H21N3O2/c1-25(2)14-15-26-20-18-11-7-6-8-16(18)12-13-19(20)22-23-21(24-27-22)17-9-4-3-5-10-17/h3-13H,14-15H2,1-2H3. The SMILES string of the molecule is CN(C)CCOc1c(-c2nc(-c3ccccc3)no2)ccc2ccccc12. The summed E-state index contributed by atoms with van der Waals surface area (Å²) >= 11 is 0. The van der Waals surface area contributed by atoms with Crippen molar-refractivity contribution in [2.45, 2.75) is 0 Å². The van der Waals surface area contributed by atoms with E-state index in [0.29, 0.717) is 18.3 Å². The van der Waals surface area contributed by atoms with Crippen LogP contribution in [0.2, 0.25) is 0 Å². The maximum absolute atomic E-state index is 6.16. The third-order valence-electron chi connectivity index (χ3n) is 4.35. The molecule has 0 aliphatic carbocycles. The monoisotopic (exact) mass is 359 g/mol. The fourth-order valence-electron chi connectivity index (χ4n) is 2.93. The van der Waals surface area contributed by atoms with Crippen molar-refractivity contribution in [3.63, 3.8) is 0 Å². The van der Waals surface area contributed by atoms with E-state index in [4.69, 9.17) is 9.26 Å². The molecular formula is C22H21N3O2. The number of rotatable bonds is 6. The number of hydrogen-bond donors (Lipinski definition) is 0. The number of ether oxygens (including phenoxy) is 1. The predicted octanol–water partition coefficient (Wildman–Crippen LogP) is 4.50. The van der Waals surface area contributed by atoms with Gasteiger partial charge in [-0.15, -0.1) is 0 Å². The minimum Gasteiger partial charge on any atom is -0.491 e. The van der Waals surface area contributed by atoms with Crippen LogP contribution in [0.1, 0.15) is 0 Å². The van der Waals surface area contributed by atoms with Crippen LogP contribution < -0.4 is 4.74 Å². The summed E-state index contributed by atoms with van der Waals surface area (Å²) in [6, 6.07) is 22.0. The first-order valence-electron chi connectivity index (χ1n) is 8.91. The van der Waals surface area contributed by atoms with Gasteiger partial charge in [0.1, 0.15) is 12.4 Å². The van der Waals surface area contributed by atoms with E-state index in [1.165, 1.54) is 0 Å². The van der Waals surface area contributed by atoms with Gasteiger partial charge in [0.25, 0.3) is 5.89 Å². The molecule has 3 aromatic carbocycles. The van der Waals surface area contributed by atoms with E-state index in [0.717, 1.165) is 34.2 Å². The van der Waals surface area contributed by atoms with Gasteiger partial charge in [0.15, 0.2) is 0 Å². The molecule has 27 heavy (non-hydrogen) atoms. The van der Waals surface area contributed by atoms with Gasteiger partial charge in [-0.25, -0.2) is 0 Å². The second kappa shape index (κ2) is 7.60. The van der Waals surface area contributed by atoms with Crippen LogP contribution in [0, 0.1) is 0 Å². The summed E-state index contributed by atoms with van der Waals surface area (Å²) in [5.74, 6) is 1.80. The topological polar surface area (TPSA) is 51.4 Å². The lowest BCUT2D eigenvalue weighted by Crippen LogP contribution is -2.19. The van der Waals surface area contributed by atoms with Crippen LogP contribution >= 0.6 is 0 Å². The number of nitrogens with zero attached hydrogens (tertiary/aromatic N) is 3. The number of likely N-dealkylation sites (N-methyl/N-ethyl adjacent to an activating group) is 1. The number of hydrogen-bond acceptors (Lipinski definition) is 5. The van der Waals surface area contributed by atoms with E-state index in [9.17, 15) is 0 Å². The van der Waals surface area contributed by atoms with Crippen molar-refractivity contribution in [1.82, 2.24) is 15.0 Å². The number of aromatic nitrogens is 2. The van der Waals surface area contributed by atoms with Crippen molar-refractivity contribution in [3.8, 4) is 28.6 Å². The molecule has 1 aromatic heterocycles. The van der Waals surface area contributed by atoms with Crippen LogP contribution in [0.15, 0.2) is 71.3 Å². The Morgan fingerprint density at radius 1 is 0.926 bits per heavy atom. The summed E-state index contributed by atoms with van der Waals surface area (Å²) in [7, 11) is 4.05. The molecule has 5 heteroatoms. The smallest absolute Gasteiger partial charge is 0.262 e. The van der Waals surface area contributed by atoms with Crippen molar-refractivity contribution in [3.05, 3.63) is 66.7 Å². The van der Waals surface area contributed by atoms with E-state index >= 15 is 0 Å². The third-order valence-corrected chi connectivity index (χ3v) is 4.35. The van der Waals surface area contributed by atoms with Crippen LogP contribution in [0.4, 0.5) is 0 Å². The molecule has 0 N–H and O–H groups in total. The maximum Gasteiger partial charge on any atom is 0.262 e. The molecule has 0 saturated heterocycles. The van der Waals surface area contributed by atoms with Crippen molar-refractivity contribution in [2.24, 2.45) is 0 Å². The maximum atomic E-state index is 6.16. The molecule has 0 aliphatic rings. The molecular weight excluding hydrogens is 338 g/mol. The van der Waals surface area contributed by atoms with Gasteiger partial charge in [-0.3, -0.25) is 0 Å². The van der Waals surface area contributed by atoms with Crippen LogP contribution in [0.3, 0.4) is 0 Å². The molecule has 0 spiro atoms. The van der Waals surface area contributed by atoms with Gasteiger partial charge in [0.05, 0.1) is 5.56 Å². The second-order valence-electron chi connectivity index (χ2n) is 6.60. The highest BCUT2D eigenvalue weighted by molar-refractivity contribution is 5.94. The Labute approximate surface area is 158 Å². The van der Waals surface area contributed by atoms with Crippen LogP contribution in [-0.2, 0) is 0 Å². The van der Waals surface area contributed by atoms with E-state index < -0.39 is 0 Å². The molecule has 0 saturated carbocycles. The lowest BCUT2D eigenvalue weighted by Gasteiger charge is -2.15. The minimum atomic E-state index is 0.458. The van der Waals surface area contributed by atoms with Gasteiger partial charge in [-0.05, 0) is 25.5 Å². The van der Waals surface area contributed by atoms with Gasteiger partial charge in [0.2, 0.25) is 5.82 Å². The first-order chi connectivity index (χ1) is 13.2. The fourth-order valence-corrected chi connectivity index (χ4v) is 2.93. The second-order valence-corrected chi connectivity index (χ2v) is 6.60. The Kier molecular flexibility index (Phi) is 4.85. The molecule has 0 amide bonds. The summed E-state index contributed by atoms with van der Waals surface area (Å²) in [6.07, 6.45) is 0. The van der Waals surface area contributed by atoms with Crippen LogP contribution in [0.5, 0.6) is 5.75 Å². The predicted molar refractivity (Wildman–Crippen MR) is 107 cm³/mol. The van der Waals surface area contributed by atoms with Gasteiger partial charge >= 0.3 is 0 Å². The molecule has 0 bridgehead atoms. The third kappa shape index (κ3) is 3.68. The molecule has 5 nitrogen and oxygen atoms in total. The average Bonchev–Trinajstić information content (AvgIpc) is 3.18. The average molecular weight is 359 g/mol. The van der Waals surface area contributed by atoms with Gasteiger partial charge in [-0.2, -0.15) is 4.98 Å². The summed E-state index contributed by atoms with van der Waals surface area (Å²) in [5, 5.41) is 6.29. The highest BCUT2D eigenvalue weighted by atomic mass is 16.5.